The minimum Gasteiger partial charge on any atom is -0.504 e. The van der Waals surface area contributed by atoms with Crippen molar-refractivity contribution in [2.24, 2.45) is 0 Å². The monoisotopic (exact) mass is 299 g/mol. The van der Waals surface area contributed by atoms with Crippen LogP contribution < -0.4 is 14.8 Å². The molecule has 0 bridgehead atoms. The molecule has 1 heterocycles. The summed E-state index contributed by atoms with van der Waals surface area (Å²) in [5, 5.41) is 13.4. The van der Waals surface area contributed by atoms with Gasteiger partial charge in [0.2, 0.25) is 0 Å². The normalized spacial score (nSPS) is 10.6. The van der Waals surface area contributed by atoms with E-state index < -0.39 is 0 Å². The molecule has 1 aromatic heterocycles. The largest absolute Gasteiger partial charge is 0.504 e. The number of methoxy groups -OCH3 is 2. The van der Waals surface area contributed by atoms with Gasteiger partial charge >= 0.3 is 0 Å². The highest BCUT2D eigenvalue weighted by Crippen LogP contribution is 2.31. The highest BCUT2D eigenvalue weighted by atomic mass is 16.5. The molecule has 0 unspecified atom stereocenters. The molecule has 0 saturated heterocycles. The van der Waals surface area contributed by atoms with Crippen LogP contribution in [0.1, 0.15) is 5.56 Å². The van der Waals surface area contributed by atoms with E-state index in [1.165, 1.54) is 7.11 Å². The van der Waals surface area contributed by atoms with Crippen molar-refractivity contribution in [2.75, 3.05) is 19.5 Å². The first-order valence-corrected chi connectivity index (χ1v) is 6.82. The Morgan fingerprint density at radius 1 is 1.18 bits per heavy atom. The van der Waals surface area contributed by atoms with Crippen molar-refractivity contribution in [3.8, 4) is 17.2 Å². The van der Waals surface area contributed by atoms with Crippen molar-refractivity contribution in [3.63, 3.8) is 0 Å². The van der Waals surface area contributed by atoms with Crippen LogP contribution in [0, 0.1) is 0 Å². The number of aromatic amines is 1. The Morgan fingerprint density at radius 3 is 2.77 bits per heavy atom. The Morgan fingerprint density at radius 2 is 2.00 bits per heavy atom. The fourth-order valence-corrected chi connectivity index (χ4v) is 2.35. The van der Waals surface area contributed by atoms with Gasteiger partial charge in [0, 0.05) is 23.9 Å². The molecule has 0 aliphatic heterocycles. The lowest BCUT2D eigenvalue weighted by Gasteiger charge is -2.11. The highest BCUT2D eigenvalue weighted by molar-refractivity contribution is 5.85. The predicted octanol–water partition coefficient (Wildman–Crippen LogP) is 2.90. The maximum Gasteiger partial charge on any atom is 0.162 e. The number of fused-ring (bicyclic) bond motifs is 1. The maximum atomic E-state index is 10.1. The number of imidazole rings is 1. The van der Waals surface area contributed by atoms with Gasteiger partial charge in [0.25, 0.3) is 0 Å². The van der Waals surface area contributed by atoms with Crippen LogP contribution in [-0.2, 0) is 6.54 Å². The summed E-state index contributed by atoms with van der Waals surface area (Å²) in [6.07, 6.45) is 1.63. The Labute approximate surface area is 127 Å². The summed E-state index contributed by atoms with van der Waals surface area (Å²) >= 11 is 0. The number of anilines is 1. The first kappa shape index (κ1) is 14.1. The zero-order valence-electron chi connectivity index (χ0n) is 12.4. The summed E-state index contributed by atoms with van der Waals surface area (Å²) in [4.78, 5) is 7.28. The summed E-state index contributed by atoms with van der Waals surface area (Å²) in [7, 11) is 3.14. The van der Waals surface area contributed by atoms with Gasteiger partial charge in [-0.2, -0.15) is 0 Å². The summed E-state index contributed by atoms with van der Waals surface area (Å²) in [6.45, 7) is 0.464. The molecule has 3 aromatic rings. The van der Waals surface area contributed by atoms with Crippen molar-refractivity contribution >= 4 is 16.7 Å². The van der Waals surface area contributed by atoms with Crippen molar-refractivity contribution in [1.29, 1.82) is 0 Å². The number of nitrogens with zero attached hydrogens (tertiary/aromatic N) is 1. The molecular weight excluding hydrogens is 282 g/mol. The van der Waals surface area contributed by atoms with Crippen molar-refractivity contribution < 1.29 is 14.6 Å². The molecule has 3 N–H and O–H groups in total. The minimum absolute atomic E-state index is 0.145. The zero-order valence-corrected chi connectivity index (χ0v) is 12.4. The van der Waals surface area contributed by atoms with E-state index in [2.05, 4.69) is 15.3 Å². The number of aromatic nitrogens is 2. The number of hydrogen-bond acceptors (Lipinski definition) is 5. The molecule has 0 spiro atoms. The molecule has 22 heavy (non-hydrogen) atoms. The number of H-pyrrole nitrogens is 1. The number of phenols is 1. The lowest BCUT2D eigenvalue weighted by atomic mass is 10.1. The number of rotatable bonds is 5. The van der Waals surface area contributed by atoms with E-state index >= 15 is 0 Å². The molecule has 114 valence electrons. The van der Waals surface area contributed by atoms with Gasteiger partial charge < -0.3 is 24.9 Å². The van der Waals surface area contributed by atoms with Gasteiger partial charge in [-0.15, -0.1) is 0 Å². The van der Waals surface area contributed by atoms with Crippen molar-refractivity contribution in [2.45, 2.75) is 6.54 Å². The molecule has 0 fully saturated rings. The van der Waals surface area contributed by atoms with Crippen LogP contribution in [0.2, 0.25) is 0 Å². The predicted molar refractivity (Wildman–Crippen MR) is 84.6 cm³/mol. The van der Waals surface area contributed by atoms with Gasteiger partial charge in [0.1, 0.15) is 11.3 Å². The molecule has 0 aliphatic rings. The first-order chi connectivity index (χ1) is 10.7. The molecule has 3 rings (SSSR count). The van der Waals surface area contributed by atoms with E-state index in [9.17, 15) is 5.11 Å². The molecule has 0 radical (unpaired) electrons. The molecular formula is C16H17N3O3. The number of hydrogen-bond donors (Lipinski definition) is 3. The Balaban J connectivity index is 1.85. The number of ether oxygens (including phenoxy) is 2. The second-order valence-electron chi connectivity index (χ2n) is 4.80. The summed E-state index contributed by atoms with van der Waals surface area (Å²) in [5.74, 6) is 1.30. The zero-order chi connectivity index (χ0) is 15.5. The summed E-state index contributed by atoms with van der Waals surface area (Å²) in [5.41, 5.74) is 3.30. The fraction of sp³-hybridized carbons (Fsp3) is 0.188. The quantitative estimate of drug-likeness (QED) is 0.675. The molecule has 0 atom stereocenters. The van der Waals surface area contributed by atoms with Gasteiger partial charge in [-0.3, -0.25) is 0 Å². The standard InChI is InChI=1S/C16H17N3O3/c1-21-13-5-3-4-10(16(13)20)8-17-11-6-12-15(19-9-18-12)14(7-11)22-2/h3-7,9,17,20H,8H2,1-2H3,(H,18,19). The Hall–Kier alpha value is -2.89. The van der Waals surface area contributed by atoms with Crippen LogP contribution in [0.15, 0.2) is 36.7 Å². The van der Waals surface area contributed by atoms with Gasteiger partial charge in [-0.05, 0) is 12.1 Å². The maximum absolute atomic E-state index is 10.1. The van der Waals surface area contributed by atoms with Crippen LogP contribution in [-0.4, -0.2) is 29.3 Å². The van der Waals surface area contributed by atoms with Crippen LogP contribution in [0.3, 0.4) is 0 Å². The topological polar surface area (TPSA) is 79.4 Å². The third-order valence-corrected chi connectivity index (χ3v) is 3.49. The lowest BCUT2D eigenvalue weighted by Crippen LogP contribution is -2.01. The third kappa shape index (κ3) is 2.50. The summed E-state index contributed by atoms with van der Waals surface area (Å²) in [6, 6.07) is 9.23. The van der Waals surface area contributed by atoms with Crippen molar-refractivity contribution in [3.05, 3.63) is 42.2 Å². The first-order valence-electron chi connectivity index (χ1n) is 6.82. The Kier molecular flexibility index (Phi) is 3.74. The van der Waals surface area contributed by atoms with Gasteiger partial charge in [-0.1, -0.05) is 12.1 Å². The third-order valence-electron chi connectivity index (χ3n) is 3.49. The molecule has 0 aliphatic carbocycles. The average molecular weight is 299 g/mol. The van der Waals surface area contributed by atoms with E-state index in [0.717, 1.165) is 22.3 Å². The number of aromatic hydroxyl groups is 1. The lowest BCUT2D eigenvalue weighted by molar-refractivity contribution is 0.371. The fourth-order valence-electron chi connectivity index (χ4n) is 2.35. The highest BCUT2D eigenvalue weighted by Gasteiger charge is 2.09. The average Bonchev–Trinajstić information content (AvgIpc) is 3.01. The number of benzene rings is 2. The van der Waals surface area contributed by atoms with E-state index in [4.69, 9.17) is 9.47 Å². The van der Waals surface area contributed by atoms with Crippen LogP contribution in [0.5, 0.6) is 17.2 Å². The number of phenolic OH excluding ortho intramolecular Hbond substituents is 1. The van der Waals surface area contributed by atoms with Gasteiger partial charge in [-0.25, -0.2) is 4.98 Å². The molecule has 0 amide bonds. The molecule has 6 nitrogen and oxygen atoms in total. The Bertz CT molecular complexity index is 798. The number of para-hydroxylation sites is 1. The van der Waals surface area contributed by atoms with Crippen LogP contribution in [0.25, 0.3) is 11.0 Å². The molecule has 0 saturated carbocycles. The van der Waals surface area contributed by atoms with Crippen molar-refractivity contribution in [1.82, 2.24) is 9.97 Å². The van der Waals surface area contributed by atoms with Crippen LogP contribution >= 0.6 is 0 Å². The van der Waals surface area contributed by atoms with E-state index in [0.29, 0.717) is 18.0 Å². The number of nitrogens with one attached hydrogen (secondary N) is 2. The minimum atomic E-state index is 0.145. The SMILES string of the molecule is COc1cccc(CNc2cc(OC)c3nc[nH]c3c2)c1O. The van der Waals surface area contributed by atoms with E-state index in [-0.39, 0.29) is 5.75 Å². The van der Waals surface area contributed by atoms with Gasteiger partial charge in [0.05, 0.1) is 26.1 Å². The van der Waals surface area contributed by atoms with E-state index in [1.54, 1.807) is 19.5 Å². The van der Waals surface area contributed by atoms with Gasteiger partial charge in [0.15, 0.2) is 11.5 Å². The summed E-state index contributed by atoms with van der Waals surface area (Å²) < 4.78 is 10.5. The molecule has 6 heteroatoms. The van der Waals surface area contributed by atoms with E-state index in [1.807, 2.05) is 24.3 Å². The second kappa shape index (κ2) is 5.85. The smallest absolute Gasteiger partial charge is 0.162 e. The van der Waals surface area contributed by atoms with Crippen LogP contribution in [0.4, 0.5) is 5.69 Å². The second-order valence-corrected chi connectivity index (χ2v) is 4.80. The molecule has 2 aromatic carbocycles.